The van der Waals surface area contributed by atoms with Gasteiger partial charge >= 0.3 is 0 Å². The zero-order valence-corrected chi connectivity index (χ0v) is 25.8. The van der Waals surface area contributed by atoms with Gasteiger partial charge in [-0.05, 0) is 62.9 Å². The SMILES string of the molecule is Cc1cc(Nc2nccc(-c3cc(C#N)c4c(c3)C(C)(CO[Si](C)(C)C(C)(C)C)CN4)n2)n(CCN(C)C)n1. The number of benzene rings is 1. The zero-order chi connectivity index (χ0) is 28.6. The van der Waals surface area contributed by atoms with E-state index in [0.717, 1.165) is 53.7 Å². The molecule has 10 heteroatoms. The van der Waals surface area contributed by atoms with Gasteiger partial charge in [0.05, 0.1) is 29.2 Å². The first kappa shape index (κ1) is 28.7. The molecule has 0 saturated carbocycles. The molecule has 1 unspecified atom stereocenters. The molecule has 2 N–H and O–H groups in total. The van der Waals surface area contributed by atoms with Crippen LogP contribution in [0.1, 0.15) is 44.5 Å². The first-order valence-corrected chi connectivity index (χ1v) is 16.4. The molecule has 1 atom stereocenters. The van der Waals surface area contributed by atoms with Crippen LogP contribution in [-0.4, -0.2) is 66.8 Å². The highest BCUT2D eigenvalue weighted by Crippen LogP contribution is 2.44. The molecule has 0 amide bonds. The van der Waals surface area contributed by atoms with Crippen LogP contribution < -0.4 is 10.6 Å². The molecule has 0 radical (unpaired) electrons. The largest absolute Gasteiger partial charge is 0.416 e. The normalized spacial score (nSPS) is 17.2. The number of hydrogen-bond acceptors (Lipinski definition) is 8. The molecule has 1 aliphatic heterocycles. The van der Waals surface area contributed by atoms with E-state index in [0.29, 0.717) is 18.1 Å². The lowest BCUT2D eigenvalue weighted by Gasteiger charge is -2.39. The van der Waals surface area contributed by atoms with E-state index in [1.807, 2.05) is 43.9 Å². The minimum absolute atomic E-state index is 0.128. The third-order valence-corrected chi connectivity index (χ3v) is 12.5. The van der Waals surface area contributed by atoms with Crippen LogP contribution >= 0.6 is 0 Å². The van der Waals surface area contributed by atoms with Gasteiger partial charge in [0, 0.05) is 42.9 Å². The van der Waals surface area contributed by atoms with Crippen LogP contribution in [0.3, 0.4) is 0 Å². The number of rotatable bonds is 9. The van der Waals surface area contributed by atoms with E-state index in [-0.39, 0.29) is 10.5 Å². The molecule has 4 rings (SSSR count). The van der Waals surface area contributed by atoms with Crippen molar-refractivity contribution in [3.8, 4) is 17.3 Å². The van der Waals surface area contributed by atoms with Gasteiger partial charge < -0.3 is 20.0 Å². The van der Waals surface area contributed by atoms with Crippen molar-refractivity contribution in [2.45, 2.75) is 64.7 Å². The Hall–Kier alpha value is -3.26. The number of fused-ring (bicyclic) bond motifs is 1. The maximum Gasteiger partial charge on any atom is 0.228 e. The number of nitrogens with one attached hydrogen (secondary N) is 2. The van der Waals surface area contributed by atoms with Gasteiger partial charge in [-0.3, -0.25) is 0 Å². The maximum atomic E-state index is 10.0. The highest BCUT2D eigenvalue weighted by Gasteiger charge is 2.42. The van der Waals surface area contributed by atoms with Crippen molar-refractivity contribution < 1.29 is 4.43 Å². The van der Waals surface area contributed by atoms with Gasteiger partial charge in [0.15, 0.2) is 8.32 Å². The fourth-order valence-electron chi connectivity index (χ4n) is 4.41. The molecule has 39 heavy (non-hydrogen) atoms. The lowest BCUT2D eigenvalue weighted by Crippen LogP contribution is -2.45. The molecule has 0 saturated heterocycles. The van der Waals surface area contributed by atoms with Crippen molar-refractivity contribution in [2.75, 3.05) is 44.4 Å². The average Bonchev–Trinajstić information content (AvgIpc) is 3.39. The number of aryl methyl sites for hydroxylation is 1. The molecule has 1 aliphatic rings. The Morgan fingerprint density at radius 3 is 2.67 bits per heavy atom. The summed E-state index contributed by atoms with van der Waals surface area (Å²) in [6.45, 7) is 18.5. The predicted octanol–water partition coefficient (Wildman–Crippen LogP) is 5.53. The smallest absolute Gasteiger partial charge is 0.228 e. The fourth-order valence-corrected chi connectivity index (χ4v) is 5.53. The van der Waals surface area contributed by atoms with Crippen LogP contribution in [0, 0.1) is 18.3 Å². The fraction of sp³-hybridized carbons (Fsp3) is 0.517. The summed E-state index contributed by atoms with van der Waals surface area (Å²) in [5, 5.41) is 21.6. The van der Waals surface area contributed by atoms with Crippen molar-refractivity contribution in [1.82, 2.24) is 24.6 Å². The van der Waals surface area contributed by atoms with Crippen molar-refractivity contribution >= 4 is 25.8 Å². The predicted molar refractivity (Wildman–Crippen MR) is 160 cm³/mol. The lowest BCUT2D eigenvalue weighted by molar-refractivity contribution is 0.220. The number of likely N-dealkylation sites (N-methyl/N-ethyl adjacent to an activating group) is 1. The molecular formula is C29H42N8OSi. The lowest BCUT2D eigenvalue weighted by atomic mass is 9.83. The zero-order valence-electron chi connectivity index (χ0n) is 24.8. The van der Waals surface area contributed by atoms with Gasteiger partial charge in [-0.15, -0.1) is 0 Å². The van der Waals surface area contributed by atoms with Gasteiger partial charge in [-0.25, -0.2) is 14.6 Å². The molecule has 208 valence electrons. The Balaban J connectivity index is 1.64. The molecule has 0 bridgehead atoms. The summed E-state index contributed by atoms with van der Waals surface area (Å²) in [4.78, 5) is 11.4. The van der Waals surface area contributed by atoms with Crippen LogP contribution in [0.4, 0.5) is 17.5 Å². The van der Waals surface area contributed by atoms with Crippen LogP contribution in [0.25, 0.3) is 11.3 Å². The summed E-state index contributed by atoms with van der Waals surface area (Å²) in [5.74, 6) is 1.33. The van der Waals surface area contributed by atoms with Crippen LogP contribution in [0.2, 0.25) is 18.1 Å². The molecule has 3 heterocycles. The van der Waals surface area contributed by atoms with Gasteiger partial charge in [-0.2, -0.15) is 10.4 Å². The van der Waals surface area contributed by atoms with Crippen LogP contribution in [0.5, 0.6) is 0 Å². The van der Waals surface area contributed by atoms with E-state index in [4.69, 9.17) is 9.41 Å². The summed E-state index contributed by atoms with van der Waals surface area (Å²) in [5.41, 5.74) is 4.92. The third kappa shape index (κ3) is 6.16. The van der Waals surface area contributed by atoms with Gasteiger partial charge in [0.25, 0.3) is 0 Å². The van der Waals surface area contributed by atoms with Crippen molar-refractivity contribution in [1.29, 1.82) is 5.26 Å². The number of anilines is 3. The minimum atomic E-state index is -1.93. The van der Waals surface area contributed by atoms with E-state index < -0.39 is 8.32 Å². The van der Waals surface area contributed by atoms with E-state index >= 15 is 0 Å². The van der Waals surface area contributed by atoms with Crippen LogP contribution in [0.15, 0.2) is 30.5 Å². The molecule has 2 aromatic heterocycles. The van der Waals surface area contributed by atoms with E-state index in [2.05, 4.69) is 78.5 Å². The van der Waals surface area contributed by atoms with Gasteiger partial charge in [0.1, 0.15) is 11.9 Å². The van der Waals surface area contributed by atoms with Crippen LogP contribution in [-0.2, 0) is 16.4 Å². The number of nitrogens with zero attached hydrogens (tertiary/aromatic N) is 6. The Kier molecular flexibility index (Phi) is 7.90. The Bertz CT molecular complexity index is 1380. The van der Waals surface area contributed by atoms with E-state index in [1.165, 1.54) is 0 Å². The highest BCUT2D eigenvalue weighted by atomic mass is 28.4. The Labute approximate surface area is 233 Å². The molecule has 0 spiro atoms. The first-order valence-electron chi connectivity index (χ1n) is 13.5. The van der Waals surface area contributed by atoms with Crippen molar-refractivity contribution in [2.24, 2.45) is 0 Å². The van der Waals surface area contributed by atoms with E-state index in [9.17, 15) is 5.26 Å². The summed E-state index contributed by atoms with van der Waals surface area (Å²) < 4.78 is 8.60. The average molecular weight is 547 g/mol. The molecule has 0 fully saturated rings. The minimum Gasteiger partial charge on any atom is -0.416 e. The van der Waals surface area contributed by atoms with Crippen molar-refractivity contribution in [3.05, 3.63) is 47.3 Å². The summed E-state index contributed by atoms with van der Waals surface area (Å²) in [6, 6.07) is 10.3. The quantitative estimate of drug-likeness (QED) is 0.338. The molecule has 9 nitrogen and oxygen atoms in total. The monoisotopic (exact) mass is 546 g/mol. The Morgan fingerprint density at radius 1 is 1.26 bits per heavy atom. The second kappa shape index (κ2) is 10.7. The van der Waals surface area contributed by atoms with Gasteiger partial charge in [0.2, 0.25) is 5.95 Å². The number of nitriles is 1. The summed E-state index contributed by atoms with van der Waals surface area (Å²) in [6.07, 6.45) is 1.75. The molecule has 1 aromatic carbocycles. The number of hydrogen-bond donors (Lipinski definition) is 2. The summed E-state index contributed by atoms with van der Waals surface area (Å²) >= 11 is 0. The second-order valence-corrected chi connectivity index (χ2v) is 17.4. The Morgan fingerprint density at radius 2 is 2.00 bits per heavy atom. The third-order valence-electron chi connectivity index (χ3n) is 7.97. The first-order chi connectivity index (χ1) is 18.2. The summed E-state index contributed by atoms with van der Waals surface area (Å²) in [7, 11) is 2.16. The molecular weight excluding hydrogens is 504 g/mol. The number of aromatic nitrogens is 4. The topological polar surface area (TPSA) is 104 Å². The van der Waals surface area contributed by atoms with E-state index in [1.54, 1.807) is 6.20 Å². The molecule has 3 aromatic rings. The van der Waals surface area contributed by atoms with Crippen molar-refractivity contribution in [3.63, 3.8) is 0 Å². The highest BCUT2D eigenvalue weighted by molar-refractivity contribution is 6.74. The second-order valence-electron chi connectivity index (χ2n) is 12.6. The van der Waals surface area contributed by atoms with Gasteiger partial charge in [-0.1, -0.05) is 27.7 Å². The molecule has 0 aliphatic carbocycles. The standard InChI is InChI=1S/C29H42N8OSi/c1-20-14-25(37(35-20)13-12-36(6)7)34-27-31-11-10-24(33-27)21-15-22(17-30)26-23(16-21)29(5,18-32-26)19-38-39(8,9)28(2,3)4/h10-11,14-16,32H,12-13,18-19H2,1-9H3,(H,31,33,34). The maximum absolute atomic E-state index is 10.0.